The molecule has 1 heterocycles. The summed E-state index contributed by atoms with van der Waals surface area (Å²) < 4.78 is 5.52. The Kier molecular flexibility index (Phi) is 7.09. The van der Waals surface area contributed by atoms with Gasteiger partial charge in [-0.2, -0.15) is 0 Å². The van der Waals surface area contributed by atoms with Gasteiger partial charge in [0.15, 0.2) is 4.67 Å². The molecule has 1 aromatic heterocycles. The highest BCUT2D eigenvalue weighted by atomic mass is 79.9. The molecule has 0 fully saturated rings. The number of halogens is 1. The molecule has 0 saturated carbocycles. The fraction of sp³-hybridized carbons (Fsp3) is 0.643. The molecule has 1 rings (SSSR count). The number of unbranched alkanes of at least 4 members (excludes halogenated alkanes) is 3. The van der Waals surface area contributed by atoms with Gasteiger partial charge >= 0.3 is 0 Å². The molecule has 18 heavy (non-hydrogen) atoms. The van der Waals surface area contributed by atoms with E-state index in [1.807, 2.05) is 0 Å². The van der Waals surface area contributed by atoms with Crippen molar-refractivity contribution >= 4 is 21.8 Å². The zero-order chi connectivity index (χ0) is 13.4. The Labute approximate surface area is 117 Å². The fourth-order valence-electron chi connectivity index (χ4n) is 1.78. The van der Waals surface area contributed by atoms with Crippen LogP contribution < -0.4 is 5.32 Å². The van der Waals surface area contributed by atoms with Gasteiger partial charge in [-0.25, -0.2) is 0 Å². The molecule has 1 amide bonds. The van der Waals surface area contributed by atoms with E-state index in [-0.39, 0.29) is 5.91 Å². The standard InChI is InChI=1S/C14H22BrNO2/c1-11(2)7-5-3-4-6-9-16-14(17)12-8-10-18-13(12)15/h8,10-11H,3-7,9H2,1-2H3,(H,16,17). The second-order valence-corrected chi connectivity index (χ2v) is 5.68. The second kappa shape index (κ2) is 8.35. The van der Waals surface area contributed by atoms with E-state index in [2.05, 4.69) is 35.1 Å². The Morgan fingerprint density at radius 1 is 1.33 bits per heavy atom. The van der Waals surface area contributed by atoms with Crippen molar-refractivity contribution in [3.8, 4) is 0 Å². The molecule has 4 heteroatoms. The van der Waals surface area contributed by atoms with Gasteiger partial charge in [-0.05, 0) is 34.3 Å². The Bertz CT molecular complexity index is 360. The van der Waals surface area contributed by atoms with Gasteiger partial charge in [0, 0.05) is 6.54 Å². The average Bonchev–Trinajstić information content (AvgIpc) is 2.73. The van der Waals surface area contributed by atoms with Crippen LogP contribution in [0.25, 0.3) is 0 Å². The monoisotopic (exact) mass is 315 g/mol. The van der Waals surface area contributed by atoms with Crippen molar-refractivity contribution in [3.63, 3.8) is 0 Å². The van der Waals surface area contributed by atoms with E-state index in [0.29, 0.717) is 10.2 Å². The van der Waals surface area contributed by atoms with Gasteiger partial charge < -0.3 is 9.73 Å². The lowest BCUT2D eigenvalue weighted by atomic mass is 10.0. The zero-order valence-electron chi connectivity index (χ0n) is 11.2. The number of furan rings is 1. The van der Waals surface area contributed by atoms with Crippen LogP contribution in [0.2, 0.25) is 0 Å². The molecular weight excluding hydrogens is 294 g/mol. The van der Waals surface area contributed by atoms with E-state index in [1.165, 1.54) is 31.9 Å². The second-order valence-electron chi connectivity index (χ2n) is 4.96. The first kappa shape index (κ1) is 15.3. The molecule has 3 nitrogen and oxygen atoms in total. The van der Waals surface area contributed by atoms with E-state index in [1.54, 1.807) is 6.07 Å². The third-order valence-electron chi connectivity index (χ3n) is 2.86. The first-order valence-electron chi connectivity index (χ1n) is 6.62. The molecule has 0 aliphatic heterocycles. The largest absolute Gasteiger partial charge is 0.457 e. The van der Waals surface area contributed by atoms with E-state index in [0.717, 1.165) is 18.9 Å². The maximum Gasteiger partial charge on any atom is 0.255 e. The maximum absolute atomic E-state index is 11.7. The highest BCUT2D eigenvalue weighted by molar-refractivity contribution is 9.10. The third kappa shape index (κ3) is 5.71. The summed E-state index contributed by atoms with van der Waals surface area (Å²) in [4.78, 5) is 11.7. The molecule has 0 atom stereocenters. The topological polar surface area (TPSA) is 42.2 Å². The predicted octanol–water partition coefficient (Wildman–Crippen LogP) is 4.38. The van der Waals surface area contributed by atoms with Crippen LogP contribution in [0.5, 0.6) is 0 Å². The summed E-state index contributed by atoms with van der Waals surface area (Å²) in [6.45, 7) is 5.24. The SMILES string of the molecule is CC(C)CCCCCCNC(=O)c1ccoc1Br. The highest BCUT2D eigenvalue weighted by Gasteiger charge is 2.11. The van der Waals surface area contributed by atoms with Gasteiger partial charge in [0.1, 0.15) is 0 Å². The number of hydrogen-bond donors (Lipinski definition) is 1. The van der Waals surface area contributed by atoms with Gasteiger partial charge in [-0.1, -0.05) is 39.5 Å². The molecule has 0 aromatic carbocycles. The highest BCUT2D eigenvalue weighted by Crippen LogP contribution is 2.17. The van der Waals surface area contributed by atoms with Crippen LogP contribution in [0.3, 0.4) is 0 Å². The number of rotatable bonds is 8. The molecule has 1 aromatic rings. The quantitative estimate of drug-likeness (QED) is 0.723. The van der Waals surface area contributed by atoms with Crippen LogP contribution >= 0.6 is 15.9 Å². The van der Waals surface area contributed by atoms with Crippen molar-refractivity contribution in [2.75, 3.05) is 6.54 Å². The van der Waals surface area contributed by atoms with Crippen molar-refractivity contribution in [2.45, 2.75) is 46.0 Å². The number of carbonyl (C=O) groups is 1. The Hall–Kier alpha value is -0.770. The van der Waals surface area contributed by atoms with Crippen molar-refractivity contribution in [1.82, 2.24) is 5.32 Å². The molecule has 0 aliphatic carbocycles. The average molecular weight is 316 g/mol. The molecule has 0 radical (unpaired) electrons. The van der Waals surface area contributed by atoms with E-state index in [4.69, 9.17) is 4.42 Å². The molecule has 0 aliphatic rings. The molecule has 0 unspecified atom stereocenters. The summed E-state index contributed by atoms with van der Waals surface area (Å²) in [6.07, 6.45) is 7.57. The van der Waals surface area contributed by atoms with E-state index in [9.17, 15) is 4.79 Å². The van der Waals surface area contributed by atoms with Crippen LogP contribution in [0.15, 0.2) is 21.4 Å². The lowest BCUT2D eigenvalue weighted by molar-refractivity contribution is 0.0951. The van der Waals surface area contributed by atoms with E-state index < -0.39 is 0 Å². The molecule has 0 spiro atoms. The Morgan fingerprint density at radius 3 is 2.67 bits per heavy atom. The lowest BCUT2D eigenvalue weighted by Crippen LogP contribution is -2.24. The van der Waals surface area contributed by atoms with Crippen LogP contribution in [0.1, 0.15) is 56.3 Å². The molecular formula is C14H22BrNO2. The number of carbonyl (C=O) groups excluding carboxylic acids is 1. The molecule has 0 saturated heterocycles. The summed E-state index contributed by atoms with van der Waals surface area (Å²) in [6, 6.07) is 1.67. The normalized spacial score (nSPS) is 10.9. The Morgan fingerprint density at radius 2 is 2.06 bits per heavy atom. The minimum absolute atomic E-state index is 0.0715. The van der Waals surface area contributed by atoms with Gasteiger partial charge in [-0.15, -0.1) is 0 Å². The van der Waals surface area contributed by atoms with Crippen LogP contribution in [0, 0.1) is 5.92 Å². The van der Waals surface area contributed by atoms with Crippen LogP contribution in [0.4, 0.5) is 0 Å². The summed E-state index contributed by atoms with van der Waals surface area (Å²) in [5.41, 5.74) is 0.565. The fourth-order valence-corrected chi connectivity index (χ4v) is 2.20. The van der Waals surface area contributed by atoms with Crippen molar-refractivity contribution in [2.24, 2.45) is 5.92 Å². The minimum atomic E-state index is -0.0715. The molecule has 102 valence electrons. The molecule has 0 bridgehead atoms. The zero-order valence-corrected chi connectivity index (χ0v) is 12.8. The van der Waals surface area contributed by atoms with Crippen molar-refractivity contribution in [1.29, 1.82) is 0 Å². The van der Waals surface area contributed by atoms with Gasteiger partial charge in [-0.3, -0.25) is 4.79 Å². The minimum Gasteiger partial charge on any atom is -0.457 e. The summed E-state index contributed by atoms with van der Waals surface area (Å²) in [5.74, 6) is 0.723. The molecule has 1 N–H and O–H groups in total. The van der Waals surface area contributed by atoms with Gasteiger partial charge in [0.2, 0.25) is 0 Å². The van der Waals surface area contributed by atoms with Crippen LogP contribution in [-0.4, -0.2) is 12.5 Å². The van der Waals surface area contributed by atoms with Crippen LogP contribution in [-0.2, 0) is 0 Å². The van der Waals surface area contributed by atoms with Gasteiger partial charge in [0.05, 0.1) is 11.8 Å². The van der Waals surface area contributed by atoms with E-state index >= 15 is 0 Å². The first-order valence-corrected chi connectivity index (χ1v) is 7.41. The summed E-state index contributed by atoms with van der Waals surface area (Å²) in [5, 5.41) is 2.90. The van der Waals surface area contributed by atoms with Gasteiger partial charge in [0.25, 0.3) is 5.91 Å². The maximum atomic E-state index is 11.7. The first-order chi connectivity index (χ1) is 8.61. The third-order valence-corrected chi connectivity index (χ3v) is 3.47. The van der Waals surface area contributed by atoms with Crippen molar-refractivity contribution < 1.29 is 9.21 Å². The summed E-state index contributed by atoms with van der Waals surface area (Å²) >= 11 is 3.20. The number of hydrogen-bond acceptors (Lipinski definition) is 2. The predicted molar refractivity (Wildman–Crippen MR) is 76.7 cm³/mol. The number of nitrogens with one attached hydrogen (secondary N) is 1. The summed E-state index contributed by atoms with van der Waals surface area (Å²) in [7, 11) is 0. The Balaban J connectivity index is 2.05. The number of amides is 1. The van der Waals surface area contributed by atoms with Crippen molar-refractivity contribution in [3.05, 3.63) is 22.6 Å². The smallest absolute Gasteiger partial charge is 0.255 e. The lowest BCUT2D eigenvalue weighted by Gasteiger charge is -2.05.